The summed E-state index contributed by atoms with van der Waals surface area (Å²) in [5.74, 6) is 0.748. The molecule has 0 saturated carbocycles. The Kier molecular flexibility index (Phi) is 4.57. The van der Waals surface area contributed by atoms with Gasteiger partial charge in [-0.15, -0.1) is 0 Å². The Hall–Kier alpha value is -2.89. The lowest BCUT2D eigenvalue weighted by molar-refractivity contribution is 0.275. The maximum atomic E-state index is 13.0. The van der Waals surface area contributed by atoms with Gasteiger partial charge >= 0.3 is 7.12 Å². The highest BCUT2D eigenvalue weighted by Gasteiger charge is 2.28. The molecule has 0 unspecified atom stereocenters. The largest absolute Gasteiger partial charge is 0.491 e. The SMILES string of the molecule is Cc1nc(Cc2cc(N)ccc2S(=O)(=O)Nc2ccc3c(c2)B(O)OC3)no1. The molecule has 4 N–H and O–H groups in total. The van der Waals surface area contributed by atoms with Crippen LogP contribution in [-0.2, 0) is 27.7 Å². The number of hydrogen-bond acceptors (Lipinski definition) is 8. The number of nitrogens with one attached hydrogen (secondary N) is 1. The summed E-state index contributed by atoms with van der Waals surface area (Å²) in [5.41, 5.74) is 8.38. The number of nitrogen functional groups attached to an aromatic ring is 1. The Balaban J connectivity index is 1.67. The van der Waals surface area contributed by atoms with E-state index in [0.717, 1.165) is 5.56 Å². The Bertz CT molecular complexity index is 1150. The highest BCUT2D eigenvalue weighted by Crippen LogP contribution is 2.24. The zero-order chi connectivity index (χ0) is 19.9. The zero-order valence-electron chi connectivity index (χ0n) is 14.9. The summed E-state index contributed by atoms with van der Waals surface area (Å²) >= 11 is 0. The van der Waals surface area contributed by atoms with E-state index < -0.39 is 17.1 Å². The van der Waals surface area contributed by atoms with Gasteiger partial charge in [-0.25, -0.2) is 8.42 Å². The number of aryl methyl sites for hydroxylation is 1. The van der Waals surface area contributed by atoms with Crippen LogP contribution in [0.25, 0.3) is 0 Å². The number of fused-ring (bicyclic) bond motifs is 1. The Morgan fingerprint density at radius 3 is 2.86 bits per heavy atom. The smallest absolute Gasteiger partial charge is 0.423 e. The Morgan fingerprint density at radius 2 is 2.11 bits per heavy atom. The molecule has 2 heterocycles. The van der Waals surface area contributed by atoms with Crippen LogP contribution in [0.5, 0.6) is 0 Å². The third-order valence-electron chi connectivity index (χ3n) is 4.35. The lowest BCUT2D eigenvalue weighted by atomic mass is 9.79. The van der Waals surface area contributed by atoms with Crippen LogP contribution in [-0.4, -0.2) is 30.7 Å². The van der Waals surface area contributed by atoms with Gasteiger partial charge in [0.05, 0.1) is 11.5 Å². The minimum absolute atomic E-state index is 0.0569. The lowest BCUT2D eigenvalue weighted by Gasteiger charge is -2.13. The van der Waals surface area contributed by atoms with E-state index in [1.165, 1.54) is 12.1 Å². The van der Waals surface area contributed by atoms with Crippen molar-refractivity contribution in [3.63, 3.8) is 0 Å². The topological polar surface area (TPSA) is 141 Å². The van der Waals surface area contributed by atoms with E-state index >= 15 is 0 Å². The Morgan fingerprint density at radius 1 is 1.29 bits per heavy atom. The van der Waals surface area contributed by atoms with Crippen LogP contribution in [0.15, 0.2) is 45.8 Å². The van der Waals surface area contributed by atoms with Crippen molar-refractivity contribution in [2.75, 3.05) is 10.5 Å². The molecule has 0 bridgehead atoms. The maximum Gasteiger partial charge on any atom is 0.491 e. The van der Waals surface area contributed by atoms with Gasteiger partial charge in [0, 0.05) is 24.7 Å². The summed E-state index contributed by atoms with van der Waals surface area (Å²) in [7, 11) is -4.99. The summed E-state index contributed by atoms with van der Waals surface area (Å²) in [4.78, 5) is 4.17. The van der Waals surface area contributed by atoms with Crippen LogP contribution in [0, 0.1) is 6.92 Å². The zero-order valence-corrected chi connectivity index (χ0v) is 15.7. The summed E-state index contributed by atoms with van der Waals surface area (Å²) in [6, 6.07) is 9.42. The second-order valence-corrected chi connectivity index (χ2v) is 8.11. The van der Waals surface area contributed by atoms with E-state index in [4.69, 9.17) is 14.9 Å². The van der Waals surface area contributed by atoms with Crippen molar-refractivity contribution in [2.45, 2.75) is 24.8 Å². The molecular formula is C17H17BN4O5S. The lowest BCUT2D eigenvalue weighted by Crippen LogP contribution is -2.28. The van der Waals surface area contributed by atoms with Crippen molar-refractivity contribution >= 4 is 34.0 Å². The minimum Gasteiger partial charge on any atom is -0.423 e. The number of nitrogens with zero attached hydrogens (tertiary/aromatic N) is 2. The Labute approximate surface area is 161 Å². The van der Waals surface area contributed by atoms with Crippen molar-refractivity contribution in [1.29, 1.82) is 0 Å². The van der Waals surface area contributed by atoms with Crippen molar-refractivity contribution in [1.82, 2.24) is 10.1 Å². The summed E-state index contributed by atoms with van der Waals surface area (Å²) < 4.78 is 38.6. The van der Waals surface area contributed by atoms with Crippen LogP contribution in [0.2, 0.25) is 0 Å². The third-order valence-corrected chi connectivity index (χ3v) is 5.83. The first kappa shape index (κ1) is 18.5. The monoisotopic (exact) mass is 400 g/mol. The molecule has 0 radical (unpaired) electrons. The molecule has 0 aliphatic carbocycles. The average molecular weight is 400 g/mol. The van der Waals surface area contributed by atoms with E-state index in [1.807, 2.05) is 0 Å². The number of sulfonamides is 1. The molecule has 28 heavy (non-hydrogen) atoms. The molecule has 3 aromatic rings. The van der Waals surface area contributed by atoms with Gasteiger partial charge in [0.1, 0.15) is 0 Å². The fourth-order valence-electron chi connectivity index (χ4n) is 3.07. The van der Waals surface area contributed by atoms with Crippen LogP contribution >= 0.6 is 0 Å². The van der Waals surface area contributed by atoms with Gasteiger partial charge in [-0.1, -0.05) is 11.2 Å². The van der Waals surface area contributed by atoms with Crippen LogP contribution in [0.3, 0.4) is 0 Å². The van der Waals surface area contributed by atoms with E-state index in [-0.39, 0.29) is 17.9 Å². The molecule has 4 rings (SSSR count). The predicted molar refractivity (Wildman–Crippen MR) is 102 cm³/mol. The number of hydrogen-bond donors (Lipinski definition) is 3. The number of anilines is 2. The van der Waals surface area contributed by atoms with Crippen LogP contribution < -0.4 is 15.9 Å². The van der Waals surface area contributed by atoms with E-state index in [1.54, 1.807) is 31.2 Å². The van der Waals surface area contributed by atoms with Gasteiger partial charge in [0.25, 0.3) is 10.0 Å². The third kappa shape index (κ3) is 3.59. The molecule has 1 aliphatic heterocycles. The normalized spacial score (nSPS) is 13.6. The fourth-order valence-corrected chi connectivity index (χ4v) is 4.34. The molecule has 0 atom stereocenters. The van der Waals surface area contributed by atoms with E-state index in [2.05, 4.69) is 14.9 Å². The van der Waals surface area contributed by atoms with E-state index in [9.17, 15) is 13.4 Å². The molecule has 0 spiro atoms. The van der Waals surface area contributed by atoms with Crippen LogP contribution in [0.4, 0.5) is 11.4 Å². The molecule has 144 valence electrons. The number of rotatable bonds is 5. The molecule has 0 saturated heterocycles. The quantitative estimate of drug-likeness (QED) is 0.417. The molecule has 11 heteroatoms. The molecule has 2 aromatic carbocycles. The van der Waals surface area contributed by atoms with Crippen molar-refractivity contribution in [3.05, 3.63) is 59.2 Å². The summed E-state index contributed by atoms with van der Waals surface area (Å²) in [5, 5.41) is 13.6. The minimum atomic E-state index is -3.92. The maximum absolute atomic E-state index is 13.0. The van der Waals surface area contributed by atoms with Crippen molar-refractivity contribution < 1.29 is 22.6 Å². The van der Waals surface area contributed by atoms with E-state index in [0.29, 0.717) is 34.1 Å². The summed E-state index contributed by atoms with van der Waals surface area (Å²) in [6.45, 7) is 1.94. The fraction of sp³-hybridized carbons (Fsp3) is 0.176. The van der Waals surface area contributed by atoms with Gasteiger partial charge in [-0.3, -0.25) is 4.72 Å². The number of aromatic nitrogens is 2. The first-order chi connectivity index (χ1) is 13.3. The van der Waals surface area contributed by atoms with Crippen LogP contribution in [0.1, 0.15) is 22.8 Å². The van der Waals surface area contributed by atoms with Gasteiger partial charge in [0.15, 0.2) is 5.82 Å². The second-order valence-electron chi connectivity index (χ2n) is 6.46. The molecule has 1 aromatic heterocycles. The number of nitrogens with two attached hydrogens (primary N) is 1. The predicted octanol–water partition coefficient (Wildman–Crippen LogP) is 0.570. The average Bonchev–Trinajstić information content (AvgIpc) is 3.20. The van der Waals surface area contributed by atoms with Gasteiger partial charge in [-0.2, -0.15) is 4.98 Å². The molecule has 1 aliphatic rings. The molecular weight excluding hydrogens is 383 g/mol. The first-order valence-electron chi connectivity index (χ1n) is 8.45. The van der Waals surface area contributed by atoms with Gasteiger partial charge in [-0.05, 0) is 46.9 Å². The highest BCUT2D eigenvalue weighted by atomic mass is 32.2. The number of benzene rings is 2. The van der Waals surface area contributed by atoms with Gasteiger partial charge < -0.3 is 19.9 Å². The van der Waals surface area contributed by atoms with Gasteiger partial charge in [0.2, 0.25) is 5.89 Å². The standard InChI is InChI=1S/C17H17BN4O5S/c1-10-20-17(21-27-10)7-12-6-13(19)3-5-16(12)28(24,25)22-14-4-2-11-9-26-18(23)15(11)8-14/h2-6,8,22-23H,7,9,19H2,1H3. The molecule has 0 fully saturated rings. The molecule has 9 nitrogen and oxygen atoms in total. The summed E-state index contributed by atoms with van der Waals surface area (Å²) in [6.07, 6.45) is 0.148. The second kappa shape index (κ2) is 6.93. The molecule has 0 amide bonds. The highest BCUT2D eigenvalue weighted by molar-refractivity contribution is 7.92. The van der Waals surface area contributed by atoms with Crippen molar-refractivity contribution in [2.24, 2.45) is 0 Å². The van der Waals surface area contributed by atoms with Crippen molar-refractivity contribution in [3.8, 4) is 0 Å². The first-order valence-corrected chi connectivity index (χ1v) is 9.93.